The Hall–Kier alpha value is -1.30. The number of hydrogen-bond acceptors (Lipinski definition) is 4. The lowest BCUT2D eigenvalue weighted by atomic mass is 9.91. The van der Waals surface area contributed by atoms with Crippen molar-refractivity contribution in [2.24, 2.45) is 0 Å². The highest BCUT2D eigenvalue weighted by molar-refractivity contribution is 6.33. The third-order valence-electron chi connectivity index (χ3n) is 6.18. The van der Waals surface area contributed by atoms with Gasteiger partial charge in [-0.15, -0.1) is 0 Å². The molecule has 0 radical (unpaired) electrons. The first-order chi connectivity index (χ1) is 12.7. The number of nitrogens with zero attached hydrogens (tertiary/aromatic N) is 4. The van der Waals surface area contributed by atoms with Crippen LogP contribution in [0.4, 0.5) is 5.69 Å². The fraction of sp³-hybridized carbons (Fsp3) is 0.650. The average Bonchev–Trinajstić information content (AvgIpc) is 2.62. The Kier molecular flexibility index (Phi) is 5.67. The molecule has 5 nitrogen and oxygen atoms in total. The minimum atomic E-state index is 0.296. The summed E-state index contributed by atoms with van der Waals surface area (Å²) in [6.07, 6.45) is 4.08. The topological polar surface area (TPSA) is 30.0 Å². The molecule has 4 rings (SSSR count). The van der Waals surface area contributed by atoms with Gasteiger partial charge in [0.05, 0.1) is 17.3 Å². The van der Waals surface area contributed by atoms with Crippen molar-refractivity contribution in [3.05, 3.63) is 29.3 Å². The zero-order chi connectivity index (χ0) is 17.9. The van der Waals surface area contributed by atoms with E-state index in [1.165, 1.54) is 19.3 Å². The molecule has 26 heavy (non-hydrogen) atoms. The highest BCUT2D eigenvalue weighted by atomic mass is 35.5. The summed E-state index contributed by atoms with van der Waals surface area (Å²) in [7, 11) is 0. The number of piperazine rings is 2. The smallest absolute Gasteiger partial charge is 0.236 e. The van der Waals surface area contributed by atoms with Gasteiger partial charge in [-0.05, 0) is 25.0 Å². The van der Waals surface area contributed by atoms with Gasteiger partial charge in [-0.2, -0.15) is 0 Å². The first-order valence-corrected chi connectivity index (χ1v) is 10.3. The summed E-state index contributed by atoms with van der Waals surface area (Å²) in [4.78, 5) is 21.9. The molecule has 1 aromatic carbocycles. The largest absolute Gasteiger partial charge is 0.368 e. The van der Waals surface area contributed by atoms with Crippen molar-refractivity contribution in [2.75, 3.05) is 63.8 Å². The number of rotatable bonds is 4. The highest BCUT2D eigenvalue weighted by Gasteiger charge is 2.30. The maximum atomic E-state index is 12.7. The van der Waals surface area contributed by atoms with E-state index in [0.29, 0.717) is 12.5 Å². The normalized spacial score (nSPS) is 23.1. The lowest BCUT2D eigenvalue weighted by Crippen LogP contribution is -2.56. The number of halogens is 1. The van der Waals surface area contributed by atoms with Gasteiger partial charge in [-0.1, -0.05) is 30.2 Å². The van der Waals surface area contributed by atoms with E-state index in [1.54, 1.807) is 0 Å². The first-order valence-electron chi connectivity index (χ1n) is 9.94. The number of hydrogen-bond donors (Lipinski definition) is 0. The van der Waals surface area contributed by atoms with Crippen molar-refractivity contribution in [1.29, 1.82) is 0 Å². The second-order valence-electron chi connectivity index (χ2n) is 7.72. The number of amides is 1. The lowest BCUT2D eigenvalue weighted by Gasteiger charge is -2.43. The average molecular weight is 377 g/mol. The summed E-state index contributed by atoms with van der Waals surface area (Å²) in [5.41, 5.74) is 1.10. The second kappa shape index (κ2) is 8.15. The summed E-state index contributed by atoms with van der Waals surface area (Å²) < 4.78 is 0. The Morgan fingerprint density at radius 3 is 2.27 bits per heavy atom. The fourth-order valence-electron chi connectivity index (χ4n) is 4.23. The minimum Gasteiger partial charge on any atom is -0.368 e. The van der Waals surface area contributed by atoms with E-state index in [2.05, 4.69) is 25.7 Å². The lowest BCUT2D eigenvalue weighted by molar-refractivity contribution is -0.134. The molecule has 0 atom stereocenters. The quantitative estimate of drug-likeness (QED) is 0.805. The van der Waals surface area contributed by atoms with Crippen LogP contribution in [0.5, 0.6) is 0 Å². The molecule has 3 fully saturated rings. The number of benzene rings is 1. The molecular weight excluding hydrogens is 348 g/mol. The molecule has 0 N–H and O–H groups in total. The molecule has 6 heteroatoms. The molecule has 1 amide bonds. The maximum absolute atomic E-state index is 12.7. The van der Waals surface area contributed by atoms with E-state index in [-0.39, 0.29) is 0 Å². The van der Waals surface area contributed by atoms with Gasteiger partial charge in [0.25, 0.3) is 0 Å². The van der Waals surface area contributed by atoms with Crippen molar-refractivity contribution in [3.8, 4) is 0 Å². The Morgan fingerprint density at radius 2 is 1.65 bits per heavy atom. The van der Waals surface area contributed by atoms with Crippen LogP contribution < -0.4 is 4.90 Å². The number of carbonyl (C=O) groups excluding carboxylic acids is 1. The fourth-order valence-corrected chi connectivity index (χ4v) is 4.49. The van der Waals surface area contributed by atoms with Gasteiger partial charge in [0.1, 0.15) is 0 Å². The van der Waals surface area contributed by atoms with Crippen LogP contribution in [0.15, 0.2) is 24.3 Å². The van der Waals surface area contributed by atoms with E-state index in [1.807, 2.05) is 18.2 Å². The molecule has 1 saturated carbocycles. The van der Waals surface area contributed by atoms with E-state index >= 15 is 0 Å². The maximum Gasteiger partial charge on any atom is 0.236 e. The molecule has 142 valence electrons. The molecule has 1 aliphatic carbocycles. The van der Waals surface area contributed by atoms with Crippen molar-refractivity contribution < 1.29 is 4.79 Å². The third kappa shape index (κ3) is 4.00. The SMILES string of the molecule is O=C(CN1CCN(c2ccccc2Cl)CC1)N1CCN(C2CCC2)CC1. The third-order valence-corrected chi connectivity index (χ3v) is 6.50. The van der Waals surface area contributed by atoms with E-state index in [9.17, 15) is 4.79 Å². The second-order valence-corrected chi connectivity index (χ2v) is 8.12. The van der Waals surface area contributed by atoms with Crippen molar-refractivity contribution in [1.82, 2.24) is 14.7 Å². The molecule has 1 aromatic rings. The van der Waals surface area contributed by atoms with Gasteiger partial charge < -0.3 is 9.80 Å². The summed E-state index contributed by atoms with van der Waals surface area (Å²) in [5.74, 6) is 0.296. The minimum absolute atomic E-state index is 0.296. The Labute approximate surface area is 161 Å². The summed E-state index contributed by atoms with van der Waals surface area (Å²) in [6.45, 7) is 8.13. The summed E-state index contributed by atoms with van der Waals surface area (Å²) in [6, 6.07) is 8.80. The van der Waals surface area contributed by atoms with Crippen molar-refractivity contribution in [3.63, 3.8) is 0 Å². The van der Waals surface area contributed by atoms with E-state index < -0.39 is 0 Å². The molecule has 0 aromatic heterocycles. The van der Waals surface area contributed by atoms with Crippen LogP contribution in [0.1, 0.15) is 19.3 Å². The Bertz CT molecular complexity index is 620. The molecular formula is C20H29ClN4O. The van der Waals surface area contributed by atoms with Gasteiger partial charge >= 0.3 is 0 Å². The van der Waals surface area contributed by atoms with Gasteiger partial charge in [0.15, 0.2) is 0 Å². The van der Waals surface area contributed by atoms with Crippen LogP contribution in [0.2, 0.25) is 5.02 Å². The van der Waals surface area contributed by atoms with E-state index in [4.69, 9.17) is 11.6 Å². The van der Waals surface area contributed by atoms with Crippen LogP contribution in [0.25, 0.3) is 0 Å². The van der Waals surface area contributed by atoms with Gasteiger partial charge in [-0.25, -0.2) is 0 Å². The van der Waals surface area contributed by atoms with Gasteiger partial charge in [-0.3, -0.25) is 14.6 Å². The first kappa shape index (κ1) is 18.1. The zero-order valence-corrected chi connectivity index (χ0v) is 16.2. The molecule has 2 heterocycles. The number of para-hydroxylation sites is 1. The van der Waals surface area contributed by atoms with Crippen molar-refractivity contribution in [2.45, 2.75) is 25.3 Å². The number of carbonyl (C=O) groups is 1. The zero-order valence-electron chi connectivity index (χ0n) is 15.4. The van der Waals surface area contributed by atoms with Crippen LogP contribution in [-0.4, -0.2) is 85.6 Å². The highest BCUT2D eigenvalue weighted by Crippen LogP contribution is 2.27. The van der Waals surface area contributed by atoms with E-state index in [0.717, 1.165) is 69.1 Å². The van der Waals surface area contributed by atoms with Crippen LogP contribution in [-0.2, 0) is 4.79 Å². The molecule has 0 bridgehead atoms. The van der Waals surface area contributed by atoms with Crippen LogP contribution in [0.3, 0.4) is 0 Å². The molecule has 2 aliphatic heterocycles. The Morgan fingerprint density at radius 1 is 0.962 bits per heavy atom. The summed E-state index contributed by atoms with van der Waals surface area (Å²) in [5, 5.41) is 0.807. The summed E-state index contributed by atoms with van der Waals surface area (Å²) >= 11 is 6.31. The molecule has 0 unspecified atom stereocenters. The Balaban J connectivity index is 1.22. The van der Waals surface area contributed by atoms with Gasteiger partial charge in [0, 0.05) is 58.4 Å². The van der Waals surface area contributed by atoms with Gasteiger partial charge in [0.2, 0.25) is 5.91 Å². The molecule has 0 spiro atoms. The van der Waals surface area contributed by atoms with Crippen LogP contribution >= 0.6 is 11.6 Å². The standard InChI is InChI=1S/C20H29ClN4O/c21-18-6-1-2-7-19(18)24-10-8-22(9-11-24)16-20(26)25-14-12-23(13-15-25)17-4-3-5-17/h1-2,6-7,17H,3-5,8-16H2. The molecule has 2 saturated heterocycles. The monoisotopic (exact) mass is 376 g/mol. The van der Waals surface area contributed by atoms with Crippen molar-refractivity contribution >= 4 is 23.2 Å². The number of anilines is 1. The van der Waals surface area contributed by atoms with Crippen LogP contribution in [0, 0.1) is 0 Å². The predicted octanol–water partition coefficient (Wildman–Crippen LogP) is 2.16. The molecule has 3 aliphatic rings. The predicted molar refractivity (Wildman–Crippen MR) is 106 cm³/mol.